The Hall–Kier alpha value is -1.54. The molecule has 0 amide bonds. The number of pyridine rings is 1. The van der Waals surface area contributed by atoms with E-state index in [1.54, 1.807) is 12.3 Å². The lowest BCUT2D eigenvalue weighted by Crippen LogP contribution is -1.99. The van der Waals surface area contributed by atoms with E-state index in [4.69, 9.17) is 11.6 Å². The summed E-state index contributed by atoms with van der Waals surface area (Å²) in [5.41, 5.74) is 3.50. The molecule has 16 heavy (non-hydrogen) atoms. The van der Waals surface area contributed by atoms with E-state index in [0.717, 1.165) is 12.2 Å². The van der Waals surface area contributed by atoms with Crippen LogP contribution in [0.4, 0.5) is 5.69 Å². The van der Waals surface area contributed by atoms with Gasteiger partial charge in [0.15, 0.2) is 0 Å². The Labute approximate surface area is 100 Å². The second kappa shape index (κ2) is 4.99. The van der Waals surface area contributed by atoms with Gasteiger partial charge in [-0.25, -0.2) is 4.98 Å². The lowest BCUT2D eigenvalue weighted by molar-refractivity contribution is 1.13. The second-order valence-electron chi connectivity index (χ2n) is 3.71. The van der Waals surface area contributed by atoms with Crippen LogP contribution < -0.4 is 5.32 Å². The third-order valence-electron chi connectivity index (χ3n) is 2.34. The van der Waals surface area contributed by atoms with E-state index in [0.29, 0.717) is 5.15 Å². The first-order valence-corrected chi connectivity index (χ1v) is 5.53. The Kier molecular flexibility index (Phi) is 3.42. The number of nitrogens with zero attached hydrogens (tertiary/aromatic N) is 1. The fourth-order valence-electron chi connectivity index (χ4n) is 1.39. The van der Waals surface area contributed by atoms with Gasteiger partial charge in [0.05, 0.1) is 11.9 Å². The summed E-state index contributed by atoms with van der Waals surface area (Å²) in [5.74, 6) is 0. The van der Waals surface area contributed by atoms with Crippen molar-refractivity contribution < 1.29 is 0 Å². The van der Waals surface area contributed by atoms with Crippen LogP contribution in [0.1, 0.15) is 11.1 Å². The van der Waals surface area contributed by atoms with Crippen LogP contribution in [0.25, 0.3) is 0 Å². The van der Waals surface area contributed by atoms with Gasteiger partial charge in [0, 0.05) is 6.54 Å². The average molecular weight is 233 g/mol. The van der Waals surface area contributed by atoms with Crippen molar-refractivity contribution in [2.75, 3.05) is 5.32 Å². The molecule has 2 nitrogen and oxygen atoms in total. The van der Waals surface area contributed by atoms with Crippen LogP contribution in [0, 0.1) is 6.92 Å². The first kappa shape index (κ1) is 11.0. The van der Waals surface area contributed by atoms with E-state index < -0.39 is 0 Å². The van der Waals surface area contributed by atoms with Crippen LogP contribution in [-0.4, -0.2) is 4.98 Å². The van der Waals surface area contributed by atoms with Crippen molar-refractivity contribution in [3.63, 3.8) is 0 Å². The first-order chi connectivity index (χ1) is 7.74. The van der Waals surface area contributed by atoms with E-state index in [1.807, 2.05) is 6.07 Å². The van der Waals surface area contributed by atoms with E-state index in [2.05, 4.69) is 41.5 Å². The van der Waals surface area contributed by atoms with Crippen LogP contribution in [-0.2, 0) is 6.54 Å². The van der Waals surface area contributed by atoms with Gasteiger partial charge in [0.25, 0.3) is 0 Å². The fraction of sp³-hybridized carbons (Fsp3) is 0.154. The maximum absolute atomic E-state index is 5.71. The summed E-state index contributed by atoms with van der Waals surface area (Å²) in [6, 6.07) is 12.1. The van der Waals surface area contributed by atoms with Crippen molar-refractivity contribution in [3.05, 3.63) is 58.9 Å². The molecule has 0 aliphatic heterocycles. The molecule has 1 aromatic heterocycles. The Balaban J connectivity index is 1.97. The summed E-state index contributed by atoms with van der Waals surface area (Å²) >= 11 is 5.71. The monoisotopic (exact) mass is 232 g/mol. The maximum atomic E-state index is 5.71. The molecular weight excluding hydrogens is 220 g/mol. The van der Waals surface area contributed by atoms with E-state index >= 15 is 0 Å². The Morgan fingerprint density at radius 2 is 1.88 bits per heavy atom. The SMILES string of the molecule is Cc1ccc(CNc2ccc(Cl)nc2)cc1. The molecule has 2 rings (SSSR count). The highest BCUT2D eigenvalue weighted by molar-refractivity contribution is 6.29. The molecule has 0 fully saturated rings. The number of aromatic nitrogens is 1. The van der Waals surface area contributed by atoms with Gasteiger partial charge in [-0.2, -0.15) is 0 Å². The molecule has 1 heterocycles. The standard InChI is InChI=1S/C13H13ClN2/c1-10-2-4-11(5-3-10)8-15-12-6-7-13(14)16-9-12/h2-7,9,15H,8H2,1H3. The number of halogens is 1. The number of rotatable bonds is 3. The van der Waals surface area contributed by atoms with Crippen LogP contribution in [0.15, 0.2) is 42.6 Å². The molecule has 0 saturated carbocycles. The van der Waals surface area contributed by atoms with Gasteiger partial charge in [-0.15, -0.1) is 0 Å². The van der Waals surface area contributed by atoms with E-state index in [-0.39, 0.29) is 0 Å². The lowest BCUT2D eigenvalue weighted by atomic mass is 10.1. The number of aryl methyl sites for hydroxylation is 1. The van der Waals surface area contributed by atoms with E-state index in [1.165, 1.54) is 11.1 Å². The normalized spacial score (nSPS) is 10.1. The van der Waals surface area contributed by atoms with Crippen molar-refractivity contribution in [2.24, 2.45) is 0 Å². The summed E-state index contributed by atoms with van der Waals surface area (Å²) < 4.78 is 0. The Morgan fingerprint density at radius 1 is 1.12 bits per heavy atom. The van der Waals surface area contributed by atoms with Crippen LogP contribution >= 0.6 is 11.6 Å². The smallest absolute Gasteiger partial charge is 0.129 e. The van der Waals surface area contributed by atoms with Crippen LogP contribution in [0.5, 0.6) is 0 Å². The molecule has 0 spiro atoms. The van der Waals surface area contributed by atoms with Crippen molar-refractivity contribution in [1.29, 1.82) is 0 Å². The minimum absolute atomic E-state index is 0.515. The molecule has 0 bridgehead atoms. The summed E-state index contributed by atoms with van der Waals surface area (Å²) in [4.78, 5) is 4.01. The molecule has 82 valence electrons. The highest BCUT2D eigenvalue weighted by Gasteiger charge is 1.94. The molecule has 0 saturated heterocycles. The van der Waals surface area contributed by atoms with Gasteiger partial charge in [0.2, 0.25) is 0 Å². The van der Waals surface area contributed by atoms with Gasteiger partial charge in [-0.3, -0.25) is 0 Å². The molecule has 0 unspecified atom stereocenters. The molecule has 3 heteroatoms. The van der Waals surface area contributed by atoms with Crippen molar-refractivity contribution >= 4 is 17.3 Å². The summed E-state index contributed by atoms with van der Waals surface area (Å²) in [6.07, 6.45) is 1.73. The third-order valence-corrected chi connectivity index (χ3v) is 2.57. The van der Waals surface area contributed by atoms with Crippen molar-refractivity contribution in [2.45, 2.75) is 13.5 Å². The molecule has 0 atom stereocenters. The molecule has 0 radical (unpaired) electrons. The molecule has 1 aromatic carbocycles. The average Bonchev–Trinajstić information content (AvgIpc) is 2.30. The lowest BCUT2D eigenvalue weighted by Gasteiger charge is -2.06. The third kappa shape index (κ3) is 2.97. The fourth-order valence-corrected chi connectivity index (χ4v) is 1.50. The number of hydrogen-bond donors (Lipinski definition) is 1. The number of anilines is 1. The predicted octanol–water partition coefficient (Wildman–Crippen LogP) is 3.66. The molecule has 0 aliphatic carbocycles. The first-order valence-electron chi connectivity index (χ1n) is 5.15. The van der Waals surface area contributed by atoms with Gasteiger partial charge < -0.3 is 5.32 Å². The zero-order chi connectivity index (χ0) is 11.4. The van der Waals surface area contributed by atoms with Gasteiger partial charge in [-0.1, -0.05) is 41.4 Å². The van der Waals surface area contributed by atoms with Crippen LogP contribution in [0.2, 0.25) is 5.15 Å². The Morgan fingerprint density at radius 3 is 2.50 bits per heavy atom. The quantitative estimate of drug-likeness (QED) is 0.817. The van der Waals surface area contributed by atoms with Gasteiger partial charge >= 0.3 is 0 Å². The minimum atomic E-state index is 0.515. The van der Waals surface area contributed by atoms with Gasteiger partial charge in [0.1, 0.15) is 5.15 Å². The van der Waals surface area contributed by atoms with Crippen LogP contribution in [0.3, 0.4) is 0 Å². The molecule has 0 aliphatic rings. The summed E-state index contributed by atoms with van der Waals surface area (Å²) in [6.45, 7) is 2.88. The topological polar surface area (TPSA) is 24.9 Å². The highest BCUT2D eigenvalue weighted by Crippen LogP contribution is 2.11. The second-order valence-corrected chi connectivity index (χ2v) is 4.10. The zero-order valence-electron chi connectivity index (χ0n) is 9.07. The minimum Gasteiger partial charge on any atom is -0.380 e. The van der Waals surface area contributed by atoms with E-state index in [9.17, 15) is 0 Å². The summed E-state index contributed by atoms with van der Waals surface area (Å²) in [5, 5.41) is 3.80. The number of nitrogens with one attached hydrogen (secondary N) is 1. The number of hydrogen-bond acceptors (Lipinski definition) is 2. The highest BCUT2D eigenvalue weighted by atomic mass is 35.5. The number of benzene rings is 1. The molecule has 2 aromatic rings. The van der Waals surface area contributed by atoms with Crippen molar-refractivity contribution in [3.8, 4) is 0 Å². The zero-order valence-corrected chi connectivity index (χ0v) is 9.83. The van der Waals surface area contributed by atoms with Gasteiger partial charge in [-0.05, 0) is 24.6 Å². The molecular formula is C13H13ClN2. The summed E-state index contributed by atoms with van der Waals surface area (Å²) in [7, 11) is 0. The predicted molar refractivity (Wildman–Crippen MR) is 67.8 cm³/mol. The maximum Gasteiger partial charge on any atom is 0.129 e. The van der Waals surface area contributed by atoms with Crippen molar-refractivity contribution in [1.82, 2.24) is 4.98 Å². The largest absolute Gasteiger partial charge is 0.380 e. The Bertz CT molecular complexity index is 403. The molecule has 1 N–H and O–H groups in total.